The van der Waals surface area contributed by atoms with Gasteiger partial charge in [0.05, 0.1) is 5.69 Å². The van der Waals surface area contributed by atoms with Crippen molar-refractivity contribution < 1.29 is 0 Å². The highest BCUT2D eigenvalue weighted by atomic mass is 15.2. The first-order valence-corrected chi connectivity index (χ1v) is 10.8. The highest BCUT2D eigenvalue weighted by molar-refractivity contribution is 5.87. The van der Waals surface area contributed by atoms with Crippen LogP contribution in [0.5, 0.6) is 0 Å². The molecule has 0 spiro atoms. The molecule has 3 heterocycles. The number of nitrogens with zero attached hydrogens (tertiary/aromatic N) is 4. The van der Waals surface area contributed by atoms with E-state index in [0.29, 0.717) is 11.7 Å². The molecule has 2 aliphatic rings. The van der Waals surface area contributed by atoms with E-state index in [9.17, 15) is 5.26 Å². The monoisotopic (exact) mass is 390 g/mol. The van der Waals surface area contributed by atoms with Crippen molar-refractivity contribution in [1.29, 1.82) is 5.26 Å². The zero-order chi connectivity index (χ0) is 21.0. The van der Waals surface area contributed by atoms with Gasteiger partial charge in [-0.2, -0.15) is 5.26 Å². The standard InChI is InChI=1S/C25H34N4/c1-6-7-8-22(18(2)3)24-20(5)16-27-23(15-26)25(24)28-13-10-21(11-14-28)29-12-9-19(4)17-29/h6-8,16,19,21H,1,9-14,17H2,2-5H3. The number of piperidine rings is 1. The number of hydrogen-bond acceptors (Lipinski definition) is 4. The second-order valence-electron chi connectivity index (χ2n) is 8.74. The smallest absolute Gasteiger partial charge is 0.164 e. The maximum Gasteiger partial charge on any atom is 0.164 e. The minimum atomic E-state index is 0.532. The van der Waals surface area contributed by atoms with Crippen molar-refractivity contribution >= 4 is 11.3 Å². The maximum atomic E-state index is 9.82. The molecule has 154 valence electrons. The van der Waals surface area contributed by atoms with Crippen molar-refractivity contribution in [2.75, 3.05) is 31.1 Å². The molecule has 29 heavy (non-hydrogen) atoms. The normalized spacial score (nSPS) is 20.8. The first-order chi connectivity index (χ1) is 14.0. The largest absolute Gasteiger partial charge is 0.369 e. The summed E-state index contributed by atoms with van der Waals surface area (Å²) in [6, 6.07) is 3.03. The van der Waals surface area contributed by atoms with Gasteiger partial charge in [0.15, 0.2) is 5.69 Å². The Bertz CT molecular complexity index is 846. The summed E-state index contributed by atoms with van der Waals surface area (Å²) < 4.78 is 0. The average Bonchev–Trinajstić information content (AvgIpc) is 3.15. The number of hydrogen-bond donors (Lipinski definition) is 0. The van der Waals surface area contributed by atoms with E-state index in [4.69, 9.17) is 0 Å². The summed E-state index contributed by atoms with van der Waals surface area (Å²) in [5.74, 6) is 0.822. The summed E-state index contributed by atoms with van der Waals surface area (Å²) in [5.41, 5.74) is 6.17. The molecule has 0 aliphatic carbocycles. The number of aryl methyl sites for hydroxylation is 1. The van der Waals surface area contributed by atoms with Gasteiger partial charge in [-0.15, -0.1) is 0 Å². The third-order valence-corrected chi connectivity index (χ3v) is 6.31. The third-order valence-electron chi connectivity index (χ3n) is 6.31. The lowest BCUT2D eigenvalue weighted by Crippen LogP contribution is -2.44. The molecule has 0 amide bonds. The van der Waals surface area contributed by atoms with E-state index in [1.165, 1.54) is 25.1 Å². The Balaban J connectivity index is 1.94. The third kappa shape index (κ3) is 4.62. The Morgan fingerprint density at radius 2 is 1.97 bits per heavy atom. The summed E-state index contributed by atoms with van der Waals surface area (Å²) in [6.45, 7) is 16.9. The van der Waals surface area contributed by atoms with Gasteiger partial charge in [0, 0.05) is 37.4 Å². The zero-order valence-corrected chi connectivity index (χ0v) is 18.4. The summed E-state index contributed by atoms with van der Waals surface area (Å²) in [6.07, 6.45) is 11.3. The molecule has 1 aromatic rings. The lowest BCUT2D eigenvalue weighted by molar-refractivity contribution is 0.202. The van der Waals surface area contributed by atoms with Crippen molar-refractivity contribution in [3.63, 3.8) is 0 Å². The molecule has 2 saturated heterocycles. The fourth-order valence-electron chi connectivity index (χ4n) is 4.74. The van der Waals surface area contributed by atoms with E-state index in [1.807, 2.05) is 12.3 Å². The highest BCUT2D eigenvalue weighted by Crippen LogP contribution is 2.37. The molecule has 0 bridgehead atoms. The lowest BCUT2D eigenvalue weighted by atomic mass is 9.93. The fourth-order valence-corrected chi connectivity index (χ4v) is 4.74. The molecule has 0 saturated carbocycles. The molecule has 0 N–H and O–H groups in total. The van der Waals surface area contributed by atoms with Gasteiger partial charge in [0.2, 0.25) is 0 Å². The molecule has 1 aromatic heterocycles. The van der Waals surface area contributed by atoms with E-state index in [0.717, 1.165) is 54.2 Å². The van der Waals surface area contributed by atoms with Crippen LogP contribution < -0.4 is 4.90 Å². The van der Waals surface area contributed by atoms with Crippen LogP contribution in [-0.4, -0.2) is 42.1 Å². The predicted octanol–water partition coefficient (Wildman–Crippen LogP) is 5.11. The molecule has 3 rings (SSSR count). The Morgan fingerprint density at radius 1 is 1.24 bits per heavy atom. The van der Waals surface area contributed by atoms with E-state index in [-0.39, 0.29) is 0 Å². The van der Waals surface area contributed by atoms with Crippen molar-refractivity contribution in [2.24, 2.45) is 5.92 Å². The van der Waals surface area contributed by atoms with E-state index in [1.54, 1.807) is 6.08 Å². The van der Waals surface area contributed by atoms with Crippen LogP contribution in [0.15, 0.2) is 36.6 Å². The van der Waals surface area contributed by atoms with Crippen LogP contribution in [-0.2, 0) is 0 Å². The second-order valence-corrected chi connectivity index (χ2v) is 8.74. The van der Waals surface area contributed by atoms with Gasteiger partial charge in [-0.3, -0.25) is 4.90 Å². The Labute approximate surface area is 176 Å². The van der Waals surface area contributed by atoms with Crippen molar-refractivity contribution in [2.45, 2.75) is 53.0 Å². The van der Waals surface area contributed by atoms with Gasteiger partial charge in [-0.05, 0) is 63.6 Å². The summed E-state index contributed by atoms with van der Waals surface area (Å²) in [4.78, 5) is 9.56. The summed E-state index contributed by atoms with van der Waals surface area (Å²) in [7, 11) is 0. The highest BCUT2D eigenvalue weighted by Gasteiger charge is 2.31. The molecule has 1 unspecified atom stereocenters. The van der Waals surface area contributed by atoms with Crippen LogP contribution in [0.4, 0.5) is 5.69 Å². The summed E-state index contributed by atoms with van der Waals surface area (Å²) >= 11 is 0. The maximum absolute atomic E-state index is 9.82. The van der Waals surface area contributed by atoms with Crippen molar-refractivity contribution in [3.05, 3.63) is 53.4 Å². The number of rotatable bonds is 5. The van der Waals surface area contributed by atoms with Crippen LogP contribution in [0.3, 0.4) is 0 Å². The number of pyridine rings is 1. The van der Waals surface area contributed by atoms with Crippen molar-refractivity contribution in [1.82, 2.24) is 9.88 Å². The number of aromatic nitrogens is 1. The van der Waals surface area contributed by atoms with E-state index >= 15 is 0 Å². The lowest BCUT2D eigenvalue weighted by Gasteiger charge is -2.39. The van der Waals surface area contributed by atoms with Gasteiger partial charge >= 0.3 is 0 Å². The van der Waals surface area contributed by atoms with Gasteiger partial charge in [-0.1, -0.05) is 37.3 Å². The number of likely N-dealkylation sites (tertiary alicyclic amines) is 1. The first-order valence-electron chi connectivity index (χ1n) is 10.8. The molecule has 0 aromatic carbocycles. The molecule has 4 heteroatoms. The average molecular weight is 391 g/mol. The minimum Gasteiger partial charge on any atom is -0.369 e. The predicted molar refractivity (Wildman–Crippen MR) is 122 cm³/mol. The minimum absolute atomic E-state index is 0.532. The Morgan fingerprint density at radius 3 is 2.52 bits per heavy atom. The van der Waals surface area contributed by atoms with Crippen LogP contribution in [0.2, 0.25) is 0 Å². The molecule has 4 nitrogen and oxygen atoms in total. The number of nitriles is 1. The zero-order valence-electron chi connectivity index (χ0n) is 18.4. The van der Waals surface area contributed by atoms with Gasteiger partial charge in [0.25, 0.3) is 0 Å². The van der Waals surface area contributed by atoms with Crippen LogP contribution >= 0.6 is 0 Å². The van der Waals surface area contributed by atoms with Crippen LogP contribution in [0, 0.1) is 24.2 Å². The quantitative estimate of drug-likeness (QED) is 0.656. The van der Waals surface area contributed by atoms with E-state index in [2.05, 4.69) is 61.2 Å². The van der Waals surface area contributed by atoms with E-state index < -0.39 is 0 Å². The molecule has 1 atom stereocenters. The Hall–Kier alpha value is -2.38. The topological polar surface area (TPSA) is 43.2 Å². The van der Waals surface area contributed by atoms with Crippen LogP contribution in [0.1, 0.15) is 56.9 Å². The number of anilines is 1. The molecular weight excluding hydrogens is 356 g/mol. The first kappa shape index (κ1) is 21.3. The molecule has 2 aliphatic heterocycles. The molecule has 2 fully saturated rings. The van der Waals surface area contributed by atoms with Gasteiger partial charge in [0.1, 0.15) is 6.07 Å². The SMILES string of the molecule is C=CC=CC(=C(C)C)c1c(C)cnc(C#N)c1N1CCC(N2CCC(C)C2)CC1. The molecular formula is C25H34N4. The van der Waals surface area contributed by atoms with Crippen molar-refractivity contribution in [3.8, 4) is 6.07 Å². The van der Waals surface area contributed by atoms with Gasteiger partial charge < -0.3 is 4.90 Å². The second kappa shape index (κ2) is 9.41. The fraction of sp³-hybridized carbons (Fsp3) is 0.520. The Kier molecular flexibility index (Phi) is 6.92. The van der Waals surface area contributed by atoms with Crippen LogP contribution in [0.25, 0.3) is 5.57 Å². The summed E-state index contributed by atoms with van der Waals surface area (Å²) in [5, 5.41) is 9.82. The van der Waals surface area contributed by atoms with Gasteiger partial charge in [-0.25, -0.2) is 4.98 Å². The number of allylic oxidation sites excluding steroid dienone is 5. The molecule has 0 radical (unpaired) electrons.